The first kappa shape index (κ1) is 11.1. The highest BCUT2D eigenvalue weighted by atomic mass is 32.2. The summed E-state index contributed by atoms with van der Waals surface area (Å²) < 4.78 is 22.4. The number of hydrogen-bond donors (Lipinski definition) is 2. The number of carbonyl (C=O) groups is 1. The highest BCUT2D eigenvalue weighted by Gasteiger charge is 2.29. The lowest BCUT2D eigenvalue weighted by Crippen LogP contribution is -2.18. The van der Waals surface area contributed by atoms with Gasteiger partial charge in [-0.15, -0.1) is 0 Å². The molecule has 0 bridgehead atoms. The zero-order chi connectivity index (χ0) is 11.6. The van der Waals surface area contributed by atoms with Crippen molar-refractivity contribution in [2.45, 2.75) is 12.8 Å². The summed E-state index contributed by atoms with van der Waals surface area (Å²) in [5.41, 5.74) is 0. The number of nitrogens with zero attached hydrogens (tertiary/aromatic N) is 2. The zero-order valence-corrected chi connectivity index (χ0v) is 9.33. The molecule has 2 heterocycles. The topological polar surface area (TPSA) is 105 Å². The van der Waals surface area contributed by atoms with Crippen molar-refractivity contribution in [2.75, 3.05) is 16.8 Å². The lowest BCUT2D eigenvalue weighted by Gasteiger charge is -2.06. The maximum absolute atomic E-state index is 11.5. The van der Waals surface area contributed by atoms with E-state index in [-0.39, 0.29) is 35.7 Å². The third-order valence-corrected chi connectivity index (χ3v) is 4.31. The van der Waals surface area contributed by atoms with E-state index < -0.39 is 9.84 Å². The number of anilines is 1. The molecule has 0 spiro atoms. The number of H-pyrrole nitrogens is 1. The van der Waals surface area contributed by atoms with E-state index in [1.807, 2.05) is 0 Å². The predicted octanol–water partition coefficient (Wildman–Crippen LogP) is -0.432. The van der Waals surface area contributed by atoms with Gasteiger partial charge in [-0.1, -0.05) is 0 Å². The molecule has 0 aromatic carbocycles. The van der Waals surface area contributed by atoms with Crippen LogP contribution in [-0.4, -0.2) is 41.0 Å². The molecular weight excluding hydrogens is 232 g/mol. The van der Waals surface area contributed by atoms with Gasteiger partial charge in [-0.3, -0.25) is 10.1 Å². The maximum Gasteiger partial charge on any atom is 0.227 e. The Hall–Kier alpha value is -1.44. The quantitative estimate of drug-likeness (QED) is 0.750. The number of hydrogen-bond acceptors (Lipinski definition) is 5. The van der Waals surface area contributed by atoms with Crippen molar-refractivity contribution < 1.29 is 13.2 Å². The number of carbonyl (C=O) groups excluding carboxylic acids is 1. The van der Waals surface area contributed by atoms with E-state index in [1.54, 1.807) is 0 Å². The van der Waals surface area contributed by atoms with Crippen molar-refractivity contribution in [3.05, 3.63) is 6.33 Å². The molecule has 16 heavy (non-hydrogen) atoms. The summed E-state index contributed by atoms with van der Waals surface area (Å²) in [5.74, 6) is 0.266. The lowest BCUT2D eigenvalue weighted by atomic mass is 10.1. The van der Waals surface area contributed by atoms with E-state index in [4.69, 9.17) is 0 Å². The summed E-state index contributed by atoms with van der Waals surface area (Å²) in [7, 11) is -2.92. The molecule has 88 valence electrons. The molecule has 2 rings (SSSR count). The fraction of sp³-hybridized carbons (Fsp3) is 0.625. The minimum atomic E-state index is -2.92. The first-order valence-electron chi connectivity index (χ1n) is 4.91. The van der Waals surface area contributed by atoms with Gasteiger partial charge < -0.3 is 0 Å². The Labute approximate surface area is 92.6 Å². The van der Waals surface area contributed by atoms with E-state index in [2.05, 4.69) is 20.5 Å². The molecule has 0 aliphatic carbocycles. The Morgan fingerprint density at radius 2 is 2.44 bits per heavy atom. The Balaban J connectivity index is 1.85. The van der Waals surface area contributed by atoms with Gasteiger partial charge in [-0.2, -0.15) is 10.1 Å². The van der Waals surface area contributed by atoms with Crippen LogP contribution >= 0.6 is 0 Å². The Bertz CT molecular complexity index is 467. The molecule has 1 amide bonds. The minimum absolute atomic E-state index is 0.0760. The van der Waals surface area contributed by atoms with Crippen LogP contribution < -0.4 is 5.32 Å². The number of sulfone groups is 1. The second-order valence-electron chi connectivity index (χ2n) is 3.86. The molecule has 1 atom stereocenters. The van der Waals surface area contributed by atoms with Gasteiger partial charge in [0.2, 0.25) is 11.9 Å². The summed E-state index contributed by atoms with van der Waals surface area (Å²) in [6.45, 7) is 0. The van der Waals surface area contributed by atoms with Gasteiger partial charge in [0.15, 0.2) is 9.84 Å². The molecule has 1 aromatic rings. The Kier molecular flexibility index (Phi) is 2.90. The first-order valence-corrected chi connectivity index (χ1v) is 6.73. The minimum Gasteiger partial charge on any atom is -0.295 e. The average molecular weight is 244 g/mol. The fourth-order valence-electron chi connectivity index (χ4n) is 1.74. The van der Waals surface area contributed by atoms with E-state index in [9.17, 15) is 13.2 Å². The van der Waals surface area contributed by atoms with Crippen LogP contribution in [-0.2, 0) is 14.6 Å². The van der Waals surface area contributed by atoms with Gasteiger partial charge in [0.05, 0.1) is 11.5 Å². The first-order chi connectivity index (χ1) is 7.55. The molecule has 0 unspecified atom stereocenters. The molecule has 7 nitrogen and oxygen atoms in total. The zero-order valence-electron chi connectivity index (χ0n) is 8.51. The van der Waals surface area contributed by atoms with Gasteiger partial charge in [-0.05, 0) is 12.3 Å². The van der Waals surface area contributed by atoms with Crippen LogP contribution in [0.2, 0.25) is 0 Å². The van der Waals surface area contributed by atoms with Crippen molar-refractivity contribution in [1.82, 2.24) is 15.2 Å². The highest BCUT2D eigenvalue weighted by Crippen LogP contribution is 2.21. The second-order valence-corrected chi connectivity index (χ2v) is 6.08. The summed E-state index contributed by atoms with van der Waals surface area (Å²) in [6.07, 6.45) is 2.06. The van der Waals surface area contributed by atoms with Crippen LogP contribution in [0.5, 0.6) is 0 Å². The van der Waals surface area contributed by atoms with Crippen LogP contribution in [0.3, 0.4) is 0 Å². The molecular formula is C8H12N4O3S. The SMILES string of the molecule is O=C(C[C@@H]1CCS(=O)(=O)C1)Nc1ncn[nH]1. The van der Waals surface area contributed by atoms with Crippen molar-refractivity contribution in [2.24, 2.45) is 5.92 Å². The van der Waals surface area contributed by atoms with Gasteiger partial charge in [-0.25, -0.2) is 13.5 Å². The molecule has 1 aromatic heterocycles. The number of amides is 1. The van der Waals surface area contributed by atoms with Crippen LogP contribution in [0.25, 0.3) is 0 Å². The molecule has 0 saturated carbocycles. The largest absolute Gasteiger partial charge is 0.295 e. The molecule has 1 aliphatic rings. The van der Waals surface area contributed by atoms with E-state index in [1.165, 1.54) is 6.33 Å². The fourth-order valence-corrected chi connectivity index (χ4v) is 3.61. The smallest absolute Gasteiger partial charge is 0.227 e. The van der Waals surface area contributed by atoms with E-state index >= 15 is 0 Å². The number of aromatic amines is 1. The van der Waals surface area contributed by atoms with Gasteiger partial charge in [0.1, 0.15) is 6.33 Å². The van der Waals surface area contributed by atoms with Crippen molar-refractivity contribution in [1.29, 1.82) is 0 Å². The van der Waals surface area contributed by atoms with Crippen LogP contribution in [0.15, 0.2) is 6.33 Å². The van der Waals surface area contributed by atoms with Crippen LogP contribution in [0.1, 0.15) is 12.8 Å². The molecule has 8 heteroatoms. The average Bonchev–Trinajstić information content (AvgIpc) is 2.76. The molecule has 0 radical (unpaired) electrons. The van der Waals surface area contributed by atoms with Crippen molar-refractivity contribution >= 4 is 21.7 Å². The van der Waals surface area contributed by atoms with E-state index in [0.29, 0.717) is 6.42 Å². The number of aromatic nitrogens is 3. The number of nitrogens with one attached hydrogen (secondary N) is 2. The molecule has 2 N–H and O–H groups in total. The van der Waals surface area contributed by atoms with Crippen molar-refractivity contribution in [3.63, 3.8) is 0 Å². The monoisotopic (exact) mass is 244 g/mol. The lowest BCUT2D eigenvalue weighted by molar-refractivity contribution is -0.116. The normalized spacial score (nSPS) is 23.1. The molecule has 1 saturated heterocycles. The van der Waals surface area contributed by atoms with E-state index in [0.717, 1.165) is 0 Å². The summed E-state index contributed by atoms with van der Waals surface area (Å²) >= 11 is 0. The van der Waals surface area contributed by atoms with Gasteiger partial charge >= 0.3 is 0 Å². The summed E-state index contributed by atoms with van der Waals surface area (Å²) in [5, 5.41) is 8.59. The second kappa shape index (κ2) is 4.20. The predicted molar refractivity (Wildman–Crippen MR) is 56.4 cm³/mol. The van der Waals surface area contributed by atoms with Crippen LogP contribution in [0.4, 0.5) is 5.95 Å². The number of rotatable bonds is 3. The third kappa shape index (κ3) is 2.78. The van der Waals surface area contributed by atoms with Crippen molar-refractivity contribution in [3.8, 4) is 0 Å². The highest BCUT2D eigenvalue weighted by molar-refractivity contribution is 7.91. The molecule has 1 aliphatic heterocycles. The summed E-state index contributed by atoms with van der Waals surface area (Å²) in [4.78, 5) is 15.2. The third-order valence-electron chi connectivity index (χ3n) is 2.47. The van der Waals surface area contributed by atoms with Crippen LogP contribution in [0, 0.1) is 5.92 Å². The molecule has 1 fully saturated rings. The van der Waals surface area contributed by atoms with Gasteiger partial charge in [0.25, 0.3) is 0 Å². The maximum atomic E-state index is 11.5. The summed E-state index contributed by atoms with van der Waals surface area (Å²) in [6, 6.07) is 0. The standard InChI is InChI=1S/C8H12N4O3S/c13-7(11-8-9-5-10-12-8)3-6-1-2-16(14,15)4-6/h5-6H,1-4H2,(H2,9,10,11,12,13)/t6-/m0/s1. The van der Waals surface area contributed by atoms with Gasteiger partial charge in [0, 0.05) is 6.42 Å². The Morgan fingerprint density at radius 3 is 3.00 bits per heavy atom. The Morgan fingerprint density at radius 1 is 1.62 bits per heavy atom.